The van der Waals surface area contributed by atoms with Crippen LogP contribution in [0.25, 0.3) is 0 Å². The van der Waals surface area contributed by atoms with Gasteiger partial charge in [-0.2, -0.15) is 0 Å². The number of hydrogen-bond donors (Lipinski definition) is 1. The van der Waals surface area contributed by atoms with Crippen molar-refractivity contribution < 1.29 is 4.74 Å². The summed E-state index contributed by atoms with van der Waals surface area (Å²) in [5.74, 6) is 1.56. The van der Waals surface area contributed by atoms with E-state index >= 15 is 0 Å². The van der Waals surface area contributed by atoms with Crippen molar-refractivity contribution in [3.05, 3.63) is 0 Å². The average molecular weight is 213 g/mol. The van der Waals surface area contributed by atoms with Gasteiger partial charge in [0.25, 0.3) is 0 Å². The Morgan fingerprint density at radius 2 is 1.73 bits per heavy atom. The van der Waals surface area contributed by atoms with E-state index in [2.05, 4.69) is 20.8 Å². The number of nitrogens with two attached hydrogens (primary N) is 1. The first-order chi connectivity index (χ1) is 6.95. The molecule has 1 aliphatic rings. The van der Waals surface area contributed by atoms with Crippen LogP contribution in [-0.2, 0) is 4.74 Å². The van der Waals surface area contributed by atoms with E-state index in [1.807, 2.05) is 0 Å². The van der Waals surface area contributed by atoms with Crippen molar-refractivity contribution in [2.45, 2.75) is 52.5 Å². The first kappa shape index (κ1) is 13.0. The molecule has 1 saturated carbocycles. The highest BCUT2D eigenvalue weighted by atomic mass is 16.5. The van der Waals surface area contributed by atoms with Crippen molar-refractivity contribution in [2.75, 3.05) is 13.7 Å². The number of hydrogen-bond acceptors (Lipinski definition) is 2. The molecule has 2 nitrogen and oxygen atoms in total. The van der Waals surface area contributed by atoms with Crippen LogP contribution in [0.5, 0.6) is 0 Å². The summed E-state index contributed by atoms with van der Waals surface area (Å²) in [6.07, 6.45) is 5.25. The standard InChI is InChI=1S/C13H27NO/c1-13(2,3)11-7-5-10(6-8-11)12(14)9-15-4/h10-12H,5-9,14H2,1-4H3. The smallest absolute Gasteiger partial charge is 0.0616 e. The van der Waals surface area contributed by atoms with E-state index in [-0.39, 0.29) is 6.04 Å². The monoisotopic (exact) mass is 213 g/mol. The Balaban J connectivity index is 2.36. The van der Waals surface area contributed by atoms with Gasteiger partial charge in [0.2, 0.25) is 0 Å². The maximum atomic E-state index is 6.09. The van der Waals surface area contributed by atoms with E-state index < -0.39 is 0 Å². The van der Waals surface area contributed by atoms with Gasteiger partial charge in [0.05, 0.1) is 6.61 Å². The lowest BCUT2D eigenvalue weighted by atomic mass is 9.69. The van der Waals surface area contributed by atoms with Crippen LogP contribution in [0, 0.1) is 17.3 Å². The molecule has 1 unspecified atom stereocenters. The molecule has 0 bridgehead atoms. The Kier molecular flexibility index (Phi) is 4.60. The van der Waals surface area contributed by atoms with E-state index in [4.69, 9.17) is 10.5 Å². The maximum absolute atomic E-state index is 6.09. The Bertz CT molecular complexity index is 177. The summed E-state index contributed by atoms with van der Waals surface area (Å²) in [4.78, 5) is 0. The molecule has 0 spiro atoms. The highest BCUT2D eigenvalue weighted by Gasteiger charge is 2.31. The summed E-state index contributed by atoms with van der Waals surface area (Å²) in [6.45, 7) is 7.78. The molecular formula is C13H27NO. The Morgan fingerprint density at radius 3 is 2.13 bits per heavy atom. The quantitative estimate of drug-likeness (QED) is 0.782. The lowest BCUT2D eigenvalue weighted by Gasteiger charge is -2.38. The van der Waals surface area contributed by atoms with Crippen LogP contribution in [0.15, 0.2) is 0 Å². The van der Waals surface area contributed by atoms with E-state index in [1.54, 1.807) is 7.11 Å². The van der Waals surface area contributed by atoms with Crippen molar-refractivity contribution >= 4 is 0 Å². The molecule has 1 aliphatic carbocycles. The summed E-state index contributed by atoms with van der Waals surface area (Å²) in [6, 6.07) is 0.246. The lowest BCUT2D eigenvalue weighted by molar-refractivity contribution is 0.106. The summed E-state index contributed by atoms with van der Waals surface area (Å²) >= 11 is 0. The zero-order valence-electron chi connectivity index (χ0n) is 10.8. The van der Waals surface area contributed by atoms with Crippen LogP contribution in [0.1, 0.15) is 46.5 Å². The maximum Gasteiger partial charge on any atom is 0.0616 e. The predicted molar refractivity (Wildman–Crippen MR) is 64.8 cm³/mol. The lowest BCUT2D eigenvalue weighted by Crippen LogP contribution is -2.38. The molecule has 0 aromatic rings. The zero-order valence-corrected chi connectivity index (χ0v) is 10.8. The van der Waals surface area contributed by atoms with Gasteiger partial charge in [-0.25, -0.2) is 0 Å². The minimum absolute atomic E-state index is 0.246. The molecule has 2 heteroatoms. The molecule has 2 N–H and O–H groups in total. The summed E-state index contributed by atoms with van der Waals surface area (Å²) < 4.78 is 5.13. The van der Waals surface area contributed by atoms with Crippen LogP contribution < -0.4 is 5.73 Å². The fraction of sp³-hybridized carbons (Fsp3) is 1.00. The molecule has 90 valence electrons. The molecule has 0 saturated heterocycles. The second kappa shape index (κ2) is 5.31. The van der Waals surface area contributed by atoms with Gasteiger partial charge in [-0.3, -0.25) is 0 Å². The Hall–Kier alpha value is -0.0800. The van der Waals surface area contributed by atoms with Crippen molar-refractivity contribution in [2.24, 2.45) is 23.0 Å². The minimum Gasteiger partial charge on any atom is -0.383 e. The topological polar surface area (TPSA) is 35.2 Å². The van der Waals surface area contributed by atoms with Gasteiger partial charge in [0.1, 0.15) is 0 Å². The molecule has 0 aromatic heterocycles. The molecule has 0 aromatic carbocycles. The van der Waals surface area contributed by atoms with Gasteiger partial charge in [0, 0.05) is 13.2 Å². The van der Waals surface area contributed by atoms with E-state index in [1.165, 1.54) is 25.7 Å². The second-order valence-electron chi connectivity index (χ2n) is 6.10. The highest BCUT2D eigenvalue weighted by molar-refractivity contribution is 4.84. The van der Waals surface area contributed by atoms with Gasteiger partial charge in [-0.1, -0.05) is 20.8 Å². The van der Waals surface area contributed by atoms with E-state index in [0.717, 1.165) is 5.92 Å². The van der Waals surface area contributed by atoms with Gasteiger partial charge in [0.15, 0.2) is 0 Å². The minimum atomic E-state index is 0.246. The third-order valence-corrected chi connectivity index (χ3v) is 3.96. The molecular weight excluding hydrogens is 186 g/mol. The van der Waals surface area contributed by atoms with Crippen molar-refractivity contribution in [1.29, 1.82) is 0 Å². The molecule has 0 amide bonds. The molecule has 0 aliphatic heterocycles. The largest absolute Gasteiger partial charge is 0.383 e. The number of ether oxygens (including phenoxy) is 1. The first-order valence-corrected chi connectivity index (χ1v) is 6.19. The summed E-state index contributed by atoms with van der Waals surface area (Å²) in [7, 11) is 1.74. The Labute approximate surface area is 94.6 Å². The van der Waals surface area contributed by atoms with Crippen molar-refractivity contribution in [3.8, 4) is 0 Å². The summed E-state index contributed by atoms with van der Waals surface area (Å²) in [5.41, 5.74) is 6.56. The number of rotatable bonds is 3. The Morgan fingerprint density at radius 1 is 1.20 bits per heavy atom. The van der Waals surface area contributed by atoms with Gasteiger partial charge >= 0.3 is 0 Å². The van der Waals surface area contributed by atoms with Gasteiger partial charge in [-0.15, -0.1) is 0 Å². The second-order valence-corrected chi connectivity index (χ2v) is 6.10. The molecule has 0 heterocycles. The predicted octanol–water partition coefficient (Wildman–Crippen LogP) is 2.81. The van der Waals surface area contributed by atoms with Crippen LogP contribution in [-0.4, -0.2) is 19.8 Å². The molecule has 1 rings (SSSR count). The number of methoxy groups -OCH3 is 1. The van der Waals surface area contributed by atoms with Crippen molar-refractivity contribution in [1.82, 2.24) is 0 Å². The van der Waals surface area contributed by atoms with Crippen LogP contribution in [0.3, 0.4) is 0 Å². The average Bonchev–Trinajstić information content (AvgIpc) is 2.17. The normalized spacial score (nSPS) is 30.2. The SMILES string of the molecule is COCC(N)C1CCC(C(C)(C)C)CC1. The third-order valence-electron chi connectivity index (χ3n) is 3.96. The van der Waals surface area contributed by atoms with Crippen LogP contribution in [0.4, 0.5) is 0 Å². The molecule has 0 radical (unpaired) electrons. The zero-order chi connectivity index (χ0) is 11.5. The van der Waals surface area contributed by atoms with E-state index in [0.29, 0.717) is 17.9 Å². The molecule has 1 atom stereocenters. The van der Waals surface area contributed by atoms with Crippen LogP contribution in [0.2, 0.25) is 0 Å². The fourth-order valence-corrected chi connectivity index (χ4v) is 2.74. The van der Waals surface area contributed by atoms with Gasteiger partial charge < -0.3 is 10.5 Å². The van der Waals surface area contributed by atoms with Gasteiger partial charge in [-0.05, 0) is 42.9 Å². The van der Waals surface area contributed by atoms with E-state index in [9.17, 15) is 0 Å². The first-order valence-electron chi connectivity index (χ1n) is 6.19. The molecule has 1 fully saturated rings. The highest BCUT2D eigenvalue weighted by Crippen LogP contribution is 2.40. The third kappa shape index (κ3) is 3.76. The van der Waals surface area contributed by atoms with Crippen molar-refractivity contribution in [3.63, 3.8) is 0 Å². The summed E-state index contributed by atoms with van der Waals surface area (Å²) in [5, 5.41) is 0. The van der Waals surface area contributed by atoms with Crippen LogP contribution >= 0.6 is 0 Å². The fourth-order valence-electron chi connectivity index (χ4n) is 2.74. The molecule has 15 heavy (non-hydrogen) atoms.